The Morgan fingerprint density at radius 3 is 2.61 bits per heavy atom. The first-order valence-corrected chi connectivity index (χ1v) is 6.82. The molecule has 0 unspecified atom stereocenters. The molecule has 0 heterocycles. The van der Waals surface area contributed by atoms with Gasteiger partial charge in [0.2, 0.25) is 0 Å². The van der Waals surface area contributed by atoms with Gasteiger partial charge in [0.15, 0.2) is 0 Å². The van der Waals surface area contributed by atoms with Crippen LogP contribution >= 0.6 is 11.6 Å². The summed E-state index contributed by atoms with van der Waals surface area (Å²) in [5, 5.41) is 7.04. The van der Waals surface area contributed by atoms with E-state index >= 15 is 0 Å². The van der Waals surface area contributed by atoms with Crippen molar-refractivity contribution in [3.63, 3.8) is 0 Å². The Balaban J connectivity index is 2.11. The van der Waals surface area contributed by atoms with Crippen molar-refractivity contribution < 1.29 is 4.39 Å². The van der Waals surface area contributed by atoms with Crippen LogP contribution in [-0.2, 0) is 6.54 Å². The van der Waals surface area contributed by atoms with E-state index in [1.54, 1.807) is 12.1 Å². The number of nitrogens with one attached hydrogen (secondary N) is 2. The molecule has 4 heteroatoms. The molecule has 1 aromatic carbocycles. The predicted molar refractivity (Wildman–Crippen MR) is 75.4 cm³/mol. The van der Waals surface area contributed by atoms with Crippen LogP contribution in [0.3, 0.4) is 0 Å². The molecule has 0 spiro atoms. The number of hydrogen-bond acceptors (Lipinski definition) is 2. The van der Waals surface area contributed by atoms with Crippen LogP contribution in [0, 0.1) is 11.7 Å². The van der Waals surface area contributed by atoms with Crippen LogP contribution in [0.2, 0.25) is 5.02 Å². The van der Waals surface area contributed by atoms with Gasteiger partial charge in [-0.3, -0.25) is 0 Å². The summed E-state index contributed by atoms with van der Waals surface area (Å²) in [4.78, 5) is 0. The Morgan fingerprint density at radius 2 is 1.94 bits per heavy atom. The second kappa shape index (κ2) is 8.46. The van der Waals surface area contributed by atoms with E-state index in [2.05, 4.69) is 24.5 Å². The van der Waals surface area contributed by atoms with Gasteiger partial charge in [0.05, 0.1) is 0 Å². The van der Waals surface area contributed by atoms with Gasteiger partial charge >= 0.3 is 0 Å². The lowest BCUT2D eigenvalue weighted by atomic mass is 10.2. The molecule has 0 radical (unpaired) electrons. The summed E-state index contributed by atoms with van der Waals surface area (Å²) in [5.74, 6) is 0.439. The van der Waals surface area contributed by atoms with Crippen molar-refractivity contribution >= 4 is 11.6 Å². The fourth-order valence-electron chi connectivity index (χ4n) is 1.62. The van der Waals surface area contributed by atoms with Crippen LogP contribution in [0.5, 0.6) is 0 Å². The van der Waals surface area contributed by atoms with Gasteiger partial charge < -0.3 is 10.6 Å². The maximum Gasteiger partial charge on any atom is 0.129 e. The van der Waals surface area contributed by atoms with E-state index in [-0.39, 0.29) is 5.82 Å². The highest BCUT2D eigenvalue weighted by Crippen LogP contribution is 2.14. The summed E-state index contributed by atoms with van der Waals surface area (Å²) < 4.78 is 13.4. The van der Waals surface area contributed by atoms with Gasteiger partial charge in [0.1, 0.15) is 5.82 Å². The van der Waals surface area contributed by atoms with E-state index in [0.29, 0.717) is 23.0 Å². The van der Waals surface area contributed by atoms with Crippen molar-refractivity contribution in [1.29, 1.82) is 0 Å². The number of halogens is 2. The first kappa shape index (κ1) is 15.4. The lowest BCUT2D eigenvalue weighted by Crippen LogP contribution is -2.24. The summed E-state index contributed by atoms with van der Waals surface area (Å²) in [6, 6.07) is 4.79. The molecule has 0 aromatic heterocycles. The maximum atomic E-state index is 13.4. The van der Waals surface area contributed by atoms with Gasteiger partial charge in [0.25, 0.3) is 0 Å². The molecule has 2 N–H and O–H groups in total. The maximum absolute atomic E-state index is 13.4. The van der Waals surface area contributed by atoms with Crippen molar-refractivity contribution in [3.8, 4) is 0 Å². The van der Waals surface area contributed by atoms with Crippen LogP contribution in [0.4, 0.5) is 4.39 Å². The summed E-state index contributed by atoms with van der Waals surface area (Å²) >= 11 is 5.69. The summed E-state index contributed by atoms with van der Waals surface area (Å²) in [5.41, 5.74) is 0.662. The van der Waals surface area contributed by atoms with Gasteiger partial charge in [-0.1, -0.05) is 31.5 Å². The zero-order chi connectivity index (χ0) is 13.4. The predicted octanol–water partition coefficient (Wildman–Crippen LogP) is 3.20. The second-order valence-corrected chi connectivity index (χ2v) is 5.30. The molecule has 18 heavy (non-hydrogen) atoms. The minimum absolute atomic E-state index is 0.243. The molecule has 102 valence electrons. The molecule has 2 nitrogen and oxygen atoms in total. The van der Waals surface area contributed by atoms with E-state index < -0.39 is 0 Å². The van der Waals surface area contributed by atoms with E-state index in [9.17, 15) is 4.39 Å². The fraction of sp³-hybridized carbons (Fsp3) is 0.571. The monoisotopic (exact) mass is 272 g/mol. The third-order valence-corrected chi connectivity index (χ3v) is 2.83. The van der Waals surface area contributed by atoms with Crippen LogP contribution in [0.1, 0.15) is 25.8 Å². The molecule has 0 saturated carbocycles. The summed E-state index contributed by atoms with van der Waals surface area (Å²) in [6.45, 7) is 7.85. The van der Waals surface area contributed by atoms with Gasteiger partial charge in [0, 0.05) is 17.1 Å². The average Bonchev–Trinajstić information content (AvgIpc) is 2.30. The van der Waals surface area contributed by atoms with E-state index in [4.69, 9.17) is 11.6 Å². The minimum Gasteiger partial charge on any atom is -0.316 e. The molecule has 0 aliphatic carbocycles. The average molecular weight is 273 g/mol. The summed E-state index contributed by atoms with van der Waals surface area (Å²) in [6.07, 6.45) is 1.04. The van der Waals surface area contributed by atoms with Crippen LogP contribution in [-0.4, -0.2) is 19.6 Å². The highest BCUT2D eigenvalue weighted by Gasteiger charge is 2.01. The topological polar surface area (TPSA) is 24.1 Å². The molecular weight excluding hydrogens is 251 g/mol. The van der Waals surface area contributed by atoms with Crippen molar-refractivity contribution in [1.82, 2.24) is 10.6 Å². The zero-order valence-corrected chi connectivity index (χ0v) is 11.9. The highest BCUT2D eigenvalue weighted by molar-refractivity contribution is 6.30. The van der Waals surface area contributed by atoms with Gasteiger partial charge in [-0.15, -0.1) is 0 Å². The normalized spacial score (nSPS) is 11.2. The molecule has 1 rings (SSSR count). The molecule has 0 fully saturated rings. The smallest absolute Gasteiger partial charge is 0.129 e. The Bertz CT molecular complexity index is 356. The lowest BCUT2D eigenvalue weighted by Gasteiger charge is -2.08. The number of rotatable bonds is 8. The summed E-state index contributed by atoms with van der Waals surface area (Å²) in [7, 11) is 0. The largest absolute Gasteiger partial charge is 0.316 e. The van der Waals surface area contributed by atoms with E-state index in [1.165, 1.54) is 6.07 Å². The standard InChI is InChI=1S/C14H22ClFN2/c1-11(2)9-17-6-3-7-18-10-12-4-5-13(15)8-14(12)16/h4-5,8,11,17-18H,3,6-7,9-10H2,1-2H3. The Hall–Kier alpha value is -0.640. The van der Waals surface area contributed by atoms with Crippen molar-refractivity contribution in [3.05, 3.63) is 34.6 Å². The van der Waals surface area contributed by atoms with Crippen molar-refractivity contribution in [2.45, 2.75) is 26.8 Å². The minimum atomic E-state index is -0.243. The fourth-order valence-corrected chi connectivity index (χ4v) is 1.78. The SMILES string of the molecule is CC(C)CNCCCNCc1ccc(Cl)cc1F. The first-order chi connectivity index (χ1) is 8.59. The Morgan fingerprint density at radius 1 is 1.22 bits per heavy atom. The quantitative estimate of drug-likeness (QED) is 0.710. The van der Waals surface area contributed by atoms with E-state index in [1.807, 2.05) is 0 Å². The number of hydrogen-bond donors (Lipinski definition) is 2. The third kappa shape index (κ3) is 6.34. The molecule has 0 bridgehead atoms. The zero-order valence-electron chi connectivity index (χ0n) is 11.1. The molecule has 0 aliphatic heterocycles. The second-order valence-electron chi connectivity index (χ2n) is 4.86. The molecular formula is C14H22ClFN2. The highest BCUT2D eigenvalue weighted by atomic mass is 35.5. The molecule has 0 amide bonds. The molecule has 0 aliphatic rings. The third-order valence-electron chi connectivity index (χ3n) is 2.59. The van der Waals surface area contributed by atoms with Crippen molar-refractivity contribution in [2.24, 2.45) is 5.92 Å². The lowest BCUT2D eigenvalue weighted by molar-refractivity contribution is 0.526. The first-order valence-electron chi connectivity index (χ1n) is 6.45. The number of benzene rings is 1. The van der Waals surface area contributed by atoms with Crippen molar-refractivity contribution in [2.75, 3.05) is 19.6 Å². The van der Waals surface area contributed by atoms with Crippen LogP contribution in [0.15, 0.2) is 18.2 Å². The van der Waals surface area contributed by atoms with E-state index in [0.717, 1.165) is 26.1 Å². The Kier molecular flexibility index (Phi) is 7.25. The Labute approximate surface area is 114 Å². The van der Waals surface area contributed by atoms with Crippen LogP contribution in [0.25, 0.3) is 0 Å². The van der Waals surface area contributed by atoms with Gasteiger partial charge in [-0.05, 0) is 44.1 Å². The molecule has 0 atom stereocenters. The molecule has 1 aromatic rings. The van der Waals surface area contributed by atoms with Crippen LogP contribution < -0.4 is 10.6 Å². The van der Waals surface area contributed by atoms with Gasteiger partial charge in [-0.2, -0.15) is 0 Å². The van der Waals surface area contributed by atoms with Gasteiger partial charge in [-0.25, -0.2) is 4.39 Å². The molecule has 0 saturated heterocycles.